The fraction of sp³-hybridized carbons (Fsp3) is 0.769. The number of aromatic nitrogens is 3. The fourth-order valence-electron chi connectivity index (χ4n) is 2.13. The van der Waals surface area contributed by atoms with Crippen molar-refractivity contribution in [3.8, 4) is 0 Å². The van der Waals surface area contributed by atoms with Crippen molar-refractivity contribution < 1.29 is 14.6 Å². The van der Waals surface area contributed by atoms with Crippen LogP contribution in [0.4, 0.5) is 5.95 Å². The van der Waals surface area contributed by atoms with Crippen molar-refractivity contribution in [1.29, 1.82) is 0 Å². The fourth-order valence-corrected chi connectivity index (χ4v) is 2.81. The summed E-state index contributed by atoms with van der Waals surface area (Å²) < 4.78 is 7.20. The van der Waals surface area contributed by atoms with Crippen LogP contribution in [-0.2, 0) is 16.1 Å². The molecule has 1 unspecified atom stereocenters. The number of nitrogens with zero attached hydrogens (tertiary/aromatic N) is 4. The van der Waals surface area contributed by atoms with E-state index in [1.54, 1.807) is 7.11 Å². The van der Waals surface area contributed by atoms with Crippen LogP contribution in [0.3, 0.4) is 0 Å². The molecule has 120 valence electrons. The maximum Gasteiger partial charge on any atom is 0.313 e. The lowest BCUT2D eigenvalue weighted by Gasteiger charge is -2.28. The number of carbonyl (C=O) groups is 1. The molecule has 0 saturated carbocycles. The first kappa shape index (κ1) is 17.8. The van der Waals surface area contributed by atoms with Gasteiger partial charge in [0.2, 0.25) is 5.95 Å². The summed E-state index contributed by atoms with van der Waals surface area (Å²) in [4.78, 5) is 12.8. The van der Waals surface area contributed by atoms with Crippen LogP contribution in [0.2, 0.25) is 0 Å². The number of rotatable bonds is 10. The third kappa shape index (κ3) is 4.89. The minimum Gasteiger partial charge on any atom is -0.481 e. The third-order valence-corrected chi connectivity index (χ3v) is 3.96. The number of carboxylic acids is 1. The molecule has 8 heteroatoms. The number of aliphatic carboxylic acids is 1. The quantitative estimate of drug-likeness (QED) is 0.658. The monoisotopic (exact) mass is 316 g/mol. The highest BCUT2D eigenvalue weighted by Crippen LogP contribution is 2.23. The van der Waals surface area contributed by atoms with E-state index < -0.39 is 5.97 Å². The summed E-state index contributed by atoms with van der Waals surface area (Å²) in [6.45, 7) is 8.36. The van der Waals surface area contributed by atoms with Crippen molar-refractivity contribution in [3.63, 3.8) is 0 Å². The molecule has 0 amide bonds. The molecule has 1 heterocycles. The van der Waals surface area contributed by atoms with Crippen molar-refractivity contribution in [1.82, 2.24) is 14.8 Å². The highest BCUT2D eigenvalue weighted by molar-refractivity contribution is 7.99. The standard InChI is InChI=1S/C13H24N4O3S/c1-5-7-17-12(16(6-2)10(3)8-20-4)14-15-13(17)21-9-11(18)19/h10H,5-9H2,1-4H3,(H,18,19). The molecule has 0 aromatic carbocycles. The lowest BCUT2D eigenvalue weighted by Crippen LogP contribution is -2.38. The Balaban J connectivity index is 3.01. The first-order chi connectivity index (χ1) is 10.0. The van der Waals surface area contributed by atoms with Gasteiger partial charge in [0.05, 0.1) is 18.4 Å². The van der Waals surface area contributed by atoms with Crippen molar-refractivity contribution in [2.24, 2.45) is 0 Å². The number of likely N-dealkylation sites (N-methyl/N-ethyl adjacent to an activating group) is 1. The zero-order valence-corrected chi connectivity index (χ0v) is 13.9. The molecule has 1 aromatic rings. The van der Waals surface area contributed by atoms with E-state index in [4.69, 9.17) is 9.84 Å². The van der Waals surface area contributed by atoms with Gasteiger partial charge in [0.25, 0.3) is 0 Å². The van der Waals surface area contributed by atoms with Crippen LogP contribution in [0.15, 0.2) is 5.16 Å². The van der Waals surface area contributed by atoms with Gasteiger partial charge in [-0.2, -0.15) is 0 Å². The lowest BCUT2D eigenvalue weighted by atomic mass is 10.3. The first-order valence-corrected chi connectivity index (χ1v) is 8.07. The lowest BCUT2D eigenvalue weighted by molar-refractivity contribution is -0.133. The minimum absolute atomic E-state index is 0.0123. The second-order valence-corrected chi connectivity index (χ2v) is 5.65. The Morgan fingerprint density at radius 3 is 2.71 bits per heavy atom. The number of hydrogen-bond donors (Lipinski definition) is 1. The number of anilines is 1. The highest BCUT2D eigenvalue weighted by atomic mass is 32.2. The summed E-state index contributed by atoms with van der Waals surface area (Å²) in [5.41, 5.74) is 0. The van der Waals surface area contributed by atoms with E-state index in [9.17, 15) is 4.79 Å². The Hall–Kier alpha value is -1.28. The Labute approximate surface area is 129 Å². The highest BCUT2D eigenvalue weighted by Gasteiger charge is 2.21. The molecular formula is C13H24N4O3S. The van der Waals surface area contributed by atoms with E-state index in [0.29, 0.717) is 11.8 Å². The van der Waals surface area contributed by atoms with Gasteiger partial charge < -0.3 is 14.7 Å². The molecule has 0 radical (unpaired) electrons. The maximum atomic E-state index is 10.7. The van der Waals surface area contributed by atoms with E-state index in [1.807, 2.05) is 4.57 Å². The molecule has 0 aliphatic carbocycles. The Bertz CT molecular complexity index is 453. The molecule has 0 aliphatic rings. The van der Waals surface area contributed by atoms with Gasteiger partial charge in [-0.3, -0.25) is 9.36 Å². The SMILES string of the molecule is CCCn1c(SCC(=O)O)nnc1N(CC)C(C)COC. The second-order valence-electron chi connectivity index (χ2n) is 4.71. The molecule has 0 saturated heterocycles. The topological polar surface area (TPSA) is 80.5 Å². The van der Waals surface area contributed by atoms with E-state index in [-0.39, 0.29) is 11.8 Å². The predicted octanol–water partition coefficient (Wildman–Crippen LogP) is 1.73. The largest absolute Gasteiger partial charge is 0.481 e. The Kier molecular flexibility index (Phi) is 7.52. The molecule has 1 aromatic heterocycles. The number of carboxylic acid groups (broad SMARTS) is 1. The van der Waals surface area contributed by atoms with E-state index in [0.717, 1.165) is 25.5 Å². The number of thioether (sulfide) groups is 1. The van der Waals surface area contributed by atoms with Crippen molar-refractivity contribution in [2.75, 3.05) is 30.9 Å². The summed E-state index contributed by atoms with van der Waals surface area (Å²) in [7, 11) is 1.68. The van der Waals surface area contributed by atoms with Gasteiger partial charge in [-0.15, -0.1) is 10.2 Å². The maximum absolute atomic E-state index is 10.7. The van der Waals surface area contributed by atoms with Crippen LogP contribution in [0.5, 0.6) is 0 Å². The average molecular weight is 316 g/mol. The first-order valence-electron chi connectivity index (χ1n) is 7.08. The van der Waals surface area contributed by atoms with Crippen molar-refractivity contribution >= 4 is 23.7 Å². The smallest absolute Gasteiger partial charge is 0.313 e. The molecule has 1 rings (SSSR count). The van der Waals surface area contributed by atoms with Gasteiger partial charge in [-0.25, -0.2) is 0 Å². The zero-order chi connectivity index (χ0) is 15.8. The van der Waals surface area contributed by atoms with Crippen molar-refractivity contribution in [2.45, 2.75) is 44.9 Å². The normalized spacial score (nSPS) is 12.4. The molecular weight excluding hydrogens is 292 g/mol. The summed E-state index contributed by atoms with van der Waals surface area (Å²) >= 11 is 1.20. The van der Waals surface area contributed by atoms with Crippen LogP contribution in [0.1, 0.15) is 27.2 Å². The minimum atomic E-state index is -0.854. The van der Waals surface area contributed by atoms with Crippen LogP contribution in [0, 0.1) is 0 Å². The second kappa shape index (κ2) is 8.89. The molecule has 1 atom stereocenters. The van der Waals surface area contributed by atoms with Gasteiger partial charge in [0.15, 0.2) is 5.16 Å². The van der Waals surface area contributed by atoms with E-state index >= 15 is 0 Å². The summed E-state index contributed by atoms with van der Waals surface area (Å²) in [5.74, 6) is -0.0915. The van der Waals surface area contributed by atoms with Gasteiger partial charge in [-0.1, -0.05) is 18.7 Å². The molecule has 0 bridgehead atoms. The van der Waals surface area contributed by atoms with Gasteiger partial charge >= 0.3 is 5.97 Å². The summed E-state index contributed by atoms with van der Waals surface area (Å²) in [6.07, 6.45) is 0.932. The van der Waals surface area contributed by atoms with E-state index in [1.165, 1.54) is 11.8 Å². The van der Waals surface area contributed by atoms with Crippen LogP contribution in [-0.4, -0.2) is 57.9 Å². The van der Waals surface area contributed by atoms with Crippen molar-refractivity contribution in [3.05, 3.63) is 0 Å². The molecule has 7 nitrogen and oxygen atoms in total. The van der Waals surface area contributed by atoms with Gasteiger partial charge in [0.1, 0.15) is 0 Å². The number of ether oxygens (including phenoxy) is 1. The van der Waals surface area contributed by atoms with Gasteiger partial charge in [0, 0.05) is 20.2 Å². The zero-order valence-electron chi connectivity index (χ0n) is 13.1. The van der Waals surface area contributed by atoms with Crippen LogP contribution >= 0.6 is 11.8 Å². The molecule has 1 N–H and O–H groups in total. The molecule has 21 heavy (non-hydrogen) atoms. The summed E-state index contributed by atoms with van der Waals surface area (Å²) in [5, 5.41) is 17.9. The molecule has 0 aliphatic heterocycles. The molecule has 0 spiro atoms. The van der Waals surface area contributed by atoms with Crippen LogP contribution < -0.4 is 4.90 Å². The van der Waals surface area contributed by atoms with E-state index in [2.05, 4.69) is 35.9 Å². The van der Waals surface area contributed by atoms with Crippen LogP contribution in [0.25, 0.3) is 0 Å². The summed E-state index contributed by atoms with van der Waals surface area (Å²) in [6, 6.07) is 0.178. The number of hydrogen-bond acceptors (Lipinski definition) is 6. The van der Waals surface area contributed by atoms with Gasteiger partial charge in [-0.05, 0) is 20.3 Å². The number of methoxy groups -OCH3 is 1. The predicted molar refractivity (Wildman–Crippen MR) is 83.0 cm³/mol. The Morgan fingerprint density at radius 2 is 2.19 bits per heavy atom. The average Bonchev–Trinajstić information content (AvgIpc) is 2.81. The Morgan fingerprint density at radius 1 is 1.48 bits per heavy atom. The molecule has 0 fully saturated rings. The third-order valence-electron chi connectivity index (χ3n) is 3.01.